The topological polar surface area (TPSA) is 49.6 Å². The minimum Gasteiger partial charge on any atom is -0.423 e. The number of para-hydroxylation sites is 2. The third kappa shape index (κ3) is 3.45. The van der Waals surface area contributed by atoms with E-state index in [1.807, 2.05) is 43.0 Å². The Kier molecular flexibility index (Phi) is 4.88. The number of benzene rings is 1. The summed E-state index contributed by atoms with van der Waals surface area (Å²) in [5.41, 5.74) is 2.71. The molecule has 0 bridgehead atoms. The number of anilines is 1. The number of carbonyl (C=O) groups excluding carboxylic acids is 1. The number of carbonyl (C=O) groups is 1. The summed E-state index contributed by atoms with van der Waals surface area (Å²) in [6.45, 7) is 10.9. The Morgan fingerprint density at radius 3 is 2.71 bits per heavy atom. The summed E-state index contributed by atoms with van der Waals surface area (Å²) in [6.07, 6.45) is 1.68. The maximum atomic E-state index is 12.7. The number of nitrogens with zero attached hydrogens (tertiary/aromatic N) is 3. The van der Waals surface area contributed by atoms with Gasteiger partial charge in [-0.15, -0.1) is 0 Å². The number of amides is 1. The van der Waals surface area contributed by atoms with Crippen molar-refractivity contribution in [3.05, 3.63) is 36.4 Å². The van der Waals surface area contributed by atoms with Crippen LogP contribution >= 0.6 is 0 Å². The molecule has 0 N–H and O–H groups in total. The molecule has 5 heteroatoms. The molecule has 1 aromatic heterocycles. The number of rotatable bonds is 5. The van der Waals surface area contributed by atoms with Gasteiger partial charge in [-0.05, 0) is 38.8 Å². The Morgan fingerprint density at radius 2 is 2.08 bits per heavy atom. The number of hydrogen-bond donors (Lipinski definition) is 0. The van der Waals surface area contributed by atoms with Crippen molar-refractivity contribution in [3.63, 3.8) is 0 Å². The summed E-state index contributed by atoms with van der Waals surface area (Å²) in [6, 6.07) is 8.45. The van der Waals surface area contributed by atoms with Crippen LogP contribution in [-0.2, 0) is 4.79 Å². The van der Waals surface area contributed by atoms with E-state index >= 15 is 0 Å². The highest BCUT2D eigenvalue weighted by Crippen LogP contribution is 2.27. The van der Waals surface area contributed by atoms with Gasteiger partial charge >= 0.3 is 0 Å². The molecule has 0 atom stereocenters. The van der Waals surface area contributed by atoms with Gasteiger partial charge in [0.05, 0.1) is 0 Å². The van der Waals surface area contributed by atoms with Crippen molar-refractivity contribution in [1.82, 2.24) is 9.88 Å². The molecule has 0 spiro atoms. The van der Waals surface area contributed by atoms with E-state index in [9.17, 15) is 4.79 Å². The molecule has 128 valence electrons. The first-order chi connectivity index (χ1) is 11.6. The van der Waals surface area contributed by atoms with Crippen molar-refractivity contribution in [1.29, 1.82) is 0 Å². The number of likely N-dealkylation sites (N-methyl/N-ethyl adjacent to an activating group) is 1. The molecule has 1 aromatic carbocycles. The highest BCUT2D eigenvalue weighted by molar-refractivity contribution is 5.79. The van der Waals surface area contributed by atoms with Crippen molar-refractivity contribution in [2.75, 3.05) is 31.1 Å². The lowest BCUT2D eigenvalue weighted by Gasteiger charge is -2.33. The summed E-state index contributed by atoms with van der Waals surface area (Å²) in [5, 5.41) is 0. The summed E-state index contributed by atoms with van der Waals surface area (Å²) in [7, 11) is 0. The first-order valence-electron chi connectivity index (χ1n) is 8.62. The largest absolute Gasteiger partial charge is 0.423 e. The van der Waals surface area contributed by atoms with Gasteiger partial charge in [0.1, 0.15) is 5.52 Å². The van der Waals surface area contributed by atoms with E-state index in [1.165, 1.54) is 0 Å². The molecule has 0 aliphatic carbocycles. The molecule has 1 saturated heterocycles. The smallest absolute Gasteiger partial charge is 0.298 e. The van der Waals surface area contributed by atoms with Crippen LogP contribution in [-0.4, -0.2) is 42.0 Å². The Morgan fingerprint density at radius 1 is 1.38 bits per heavy atom. The predicted molar refractivity (Wildman–Crippen MR) is 96.0 cm³/mol. The van der Waals surface area contributed by atoms with Gasteiger partial charge < -0.3 is 14.2 Å². The molecule has 1 aliphatic heterocycles. The summed E-state index contributed by atoms with van der Waals surface area (Å²) in [5.74, 6) is 0.336. The fourth-order valence-corrected chi connectivity index (χ4v) is 3.24. The zero-order chi connectivity index (χ0) is 17.1. The molecule has 1 fully saturated rings. The van der Waals surface area contributed by atoms with Crippen molar-refractivity contribution in [3.8, 4) is 0 Å². The number of aromatic nitrogens is 1. The standard InChI is InChI=1S/C19H25N3O2/c1-4-21(13-14(2)3)18(23)15-9-11-22(12-10-15)19-20-16-7-5-6-8-17(16)24-19/h5-8,15H,2,4,9-13H2,1,3H3. The van der Waals surface area contributed by atoms with Crippen LogP contribution in [0.15, 0.2) is 40.8 Å². The molecule has 5 nitrogen and oxygen atoms in total. The van der Waals surface area contributed by atoms with Gasteiger partial charge in [-0.2, -0.15) is 4.98 Å². The van der Waals surface area contributed by atoms with Gasteiger partial charge in [-0.25, -0.2) is 0 Å². The van der Waals surface area contributed by atoms with Gasteiger partial charge in [0.2, 0.25) is 5.91 Å². The van der Waals surface area contributed by atoms with E-state index in [0.717, 1.165) is 49.1 Å². The number of hydrogen-bond acceptors (Lipinski definition) is 4. The van der Waals surface area contributed by atoms with Crippen molar-refractivity contribution in [2.45, 2.75) is 26.7 Å². The molecular weight excluding hydrogens is 302 g/mol. The quantitative estimate of drug-likeness (QED) is 0.789. The summed E-state index contributed by atoms with van der Waals surface area (Å²) >= 11 is 0. The van der Waals surface area contributed by atoms with Gasteiger partial charge in [0.15, 0.2) is 5.58 Å². The number of piperidine rings is 1. The average Bonchev–Trinajstić information content (AvgIpc) is 3.03. The molecule has 2 aromatic rings. The zero-order valence-electron chi connectivity index (χ0n) is 14.5. The minimum atomic E-state index is 0.0879. The monoisotopic (exact) mass is 327 g/mol. The third-order valence-corrected chi connectivity index (χ3v) is 4.55. The van der Waals surface area contributed by atoms with Crippen molar-refractivity contribution >= 4 is 23.0 Å². The molecule has 0 unspecified atom stereocenters. The lowest BCUT2D eigenvalue weighted by Crippen LogP contribution is -2.43. The Balaban J connectivity index is 1.62. The van der Waals surface area contributed by atoms with Crippen LogP contribution in [0.5, 0.6) is 0 Å². The molecule has 0 saturated carbocycles. The maximum absolute atomic E-state index is 12.7. The summed E-state index contributed by atoms with van der Waals surface area (Å²) in [4.78, 5) is 21.3. The summed E-state index contributed by atoms with van der Waals surface area (Å²) < 4.78 is 5.83. The van der Waals surface area contributed by atoms with E-state index < -0.39 is 0 Å². The average molecular weight is 327 g/mol. The molecule has 1 amide bonds. The minimum absolute atomic E-state index is 0.0879. The Hall–Kier alpha value is -2.30. The fourth-order valence-electron chi connectivity index (χ4n) is 3.24. The van der Waals surface area contributed by atoms with Crippen LogP contribution in [0.1, 0.15) is 26.7 Å². The molecule has 0 radical (unpaired) electrons. The second kappa shape index (κ2) is 7.07. The van der Waals surface area contributed by atoms with Crippen molar-refractivity contribution < 1.29 is 9.21 Å². The number of oxazole rings is 1. The van der Waals surface area contributed by atoms with E-state index in [1.54, 1.807) is 0 Å². The van der Waals surface area contributed by atoms with Crippen molar-refractivity contribution in [2.24, 2.45) is 5.92 Å². The SMILES string of the molecule is C=C(C)CN(CC)C(=O)C1CCN(c2nc3ccccc3o2)CC1. The van der Waals surface area contributed by atoms with Crippen LogP contribution < -0.4 is 4.90 Å². The number of fused-ring (bicyclic) bond motifs is 1. The van der Waals surface area contributed by atoms with E-state index in [0.29, 0.717) is 12.6 Å². The maximum Gasteiger partial charge on any atom is 0.298 e. The van der Waals surface area contributed by atoms with Gasteiger partial charge in [0.25, 0.3) is 6.01 Å². The van der Waals surface area contributed by atoms with E-state index in [-0.39, 0.29) is 11.8 Å². The van der Waals surface area contributed by atoms with Crippen LogP contribution in [0.4, 0.5) is 6.01 Å². The second-order valence-corrected chi connectivity index (χ2v) is 6.54. The third-order valence-electron chi connectivity index (χ3n) is 4.55. The first-order valence-corrected chi connectivity index (χ1v) is 8.62. The van der Waals surface area contributed by atoms with Gasteiger partial charge in [0, 0.05) is 32.1 Å². The molecule has 3 rings (SSSR count). The normalized spacial score (nSPS) is 15.7. The van der Waals surface area contributed by atoms with Crippen LogP contribution in [0.25, 0.3) is 11.1 Å². The Bertz CT molecular complexity index is 696. The van der Waals surface area contributed by atoms with Crippen LogP contribution in [0.3, 0.4) is 0 Å². The molecule has 1 aliphatic rings. The zero-order valence-corrected chi connectivity index (χ0v) is 14.5. The van der Waals surface area contributed by atoms with Gasteiger partial charge in [-0.1, -0.05) is 24.3 Å². The Labute approximate surface area is 142 Å². The lowest BCUT2D eigenvalue weighted by molar-refractivity contribution is -0.135. The highest BCUT2D eigenvalue weighted by Gasteiger charge is 2.29. The second-order valence-electron chi connectivity index (χ2n) is 6.54. The highest BCUT2D eigenvalue weighted by atomic mass is 16.4. The predicted octanol–water partition coefficient (Wildman–Crippen LogP) is 3.47. The molecule has 2 heterocycles. The van der Waals surface area contributed by atoms with E-state index in [2.05, 4.69) is 16.5 Å². The molecule has 24 heavy (non-hydrogen) atoms. The van der Waals surface area contributed by atoms with Crippen LogP contribution in [0.2, 0.25) is 0 Å². The first kappa shape index (κ1) is 16.6. The molecular formula is C19H25N3O2. The fraction of sp³-hybridized carbons (Fsp3) is 0.474. The van der Waals surface area contributed by atoms with E-state index in [4.69, 9.17) is 4.42 Å². The van der Waals surface area contributed by atoms with Gasteiger partial charge in [-0.3, -0.25) is 4.79 Å². The van der Waals surface area contributed by atoms with Crippen LogP contribution in [0, 0.1) is 5.92 Å². The lowest BCUT2D eigenvalue weighted by atomic mass is 9.95.